The minimum atomic E-state index is -3.56. The molecule has 2 N–H and O–H groups in total. The van der Waals surface area contributed by atoms with Gasteiger partial charge in [0, 0.05) is 25.1 Å². The number of carbonyl (C=O) groups is 1. The number of amides is 1. The molecule has 0 aromatic heterocycles. The van der Waals surface area contributed by atoms with Gasteiger partial charge in [0.15, 0.2) is 0 Å². The average molecular weight is 455 g/mol. The standard InChI is InChI=1S/C24H30N4O3S/c1-18-11-14-28(15-12-18)17-20-7-3-2-6-19(20)16-26-23(29)10-13-25-24-21-8-4-5-9-22(21)32(30,31)27-24/h2-9,18H,10-17H2,1H3,(H,25,27)(H,26,29). The number of likely N-dealkylation sites (tertiary alicyclic amines) is 1. The third-order valence-corrected chi connectivity index (χ3v) is 7.53. The number of fused-ring (bicyclic) bond motifs is 1. The molecule has 2 aliphatic rings. The normalized spacial score (nSPS) is 19.5. The molecule has 7 nitrogen and oxygen atoms in total. The maximum Gasteiger partial charge on any atom is 0.263 e. The van der Waals surface area contributed by atoms with Crippen LogP contribution in [0.1, 0.15) is 42.9 Å². The highest BCUT2D eigenvalue weighted by Gasteiger charge is 2.29. The molecular formula is C24H30N4O3S. The van der Waals surface area contributed by atoms with E-state index in [1.807, 2.05) is 12.1 Å². The van der Waals surface area contributed by atoms with Gasteiger partial charge in [0.2, 0.25) is 5.91 Å². The predicted octanol–water partition coefficient (Wildman–Crippen LogP) is 2.66. The van der Waals surface area contributed by atoms with Crippen LogP contribution in [0.4, 0.5) is 0 Å². The number of nitrogens with one attached hydrogen (secondary N) is 2. The van der Waals surface area contributed by atoms with Crippen LogP contribution >= 0.6 is 0 Å². The summed E-state index contributed by atoms with van der Waals surface area (Å²) >= 11 is 0. The maximum absolute atomic E-state index is 12.4. The molecule has 0 atom stereocenters. The molecule has 1 fully saturated rings. The maximum atomic E-state index is 12.4. The Labute approximate surface area is 190 Å². The third kappa shape index (κ3) is 5.37. The van der Waals surface area contributed by atoms with Crippen molar-refractivity contribution >= 4 is 21.8 Å². The van der Waals surface area contributed by atoms with Crippen LogP contribution < -0.4 is 10.0 Å². The van der Waals surface area contributed by atoms with Gasteiger partial charge < -0.3 is 5.32 Å². The van der Waals surface area contributed by atoms with Crippen molar-refractivity contribution in [1.82, 2.24) is 14.9 Å². The minimum Gasteiger partial charge on any atom is -0.352 e. The van der Waals surface area contributed by atoms with E-state index in [4.69, 9.17) is 0 Å². The molecule has 0 radical (unpaired) electrons. The number of carbonyl (C=O) groups excluding carboxylic acids is 1. The lowest BCUT2D eigenvalue weighted by atomic mass is 9.98. The molecule has 0 saturated carbocycles. The Morgan fingerprint density at radius 2 is 1.78 bits per heavy atom. The summed E-state index contributed by atoms with van der Waals surface area (Å²) in [5.74, 6) is 0.997. The Hall–Kier alpha value is -2.71. The van der Waals surface area contributed by atoms with E-state index in [1.165, 1.54) is 18.4 Å². The van der Waals surface area contributed by atoms with E-state index in [-0.39, 0.29) is 23.8 Å². The Kier molecular flexibility index (Phi) is 6.91. The number of aliphatic imine (C=N–C) groups is 1. The molecular weight excluding hydrogens is 424 g/mol. The molecule has 0 spiro atoms. The van der Waals surface area contributed by atoms with Crippen molar-refractivity contribution in [2.45, 2.75) is 44.2 Å². The van der Waals surface area contributed by atoms with Crippen LogP contribution in [0.15, 0.2) is 58.4 Å². The Morgan fingerprint density at radius 1 is 1.09 bits per heavy atom. The molecule has 8 heteroatoms. The molecule has 2 aromatic rings. The van der Waals surface area contributed by atoms with Crippen molar-refractivity contribution in [1.29, 1.82) is 0 Å². The van der Waals surface area contributed by atoms with E-state index in [0.29, 0.717) is 17.9 Å². The van der Waals surface area contributed by atoms with Crippen molar-refractivity contribution in [2.24, 2.45) is 10.9 Å². The first kappa shape index (κ1) is 22.5. The van der Waals surface area contributed by atoms with Crippen LogP contribution in [-0.2, 0) is 27.9 Å². The van der Waals surface area contributed by atoms with Gasteiger partial charge in [-0.1, -0.05) is 43.3 Å². The second-order valence-corrected chi connectivity index (χ2v) is 10.2. The number of sulfonamides is 1. The first-order valence-electron chi connectivity index (χ1n) is 11.1. The van der Waals surface area contributed by atoms with Crippen LogP contribution in [0.2, 0.25) is 0 Å². The first-order valence-corrected chi connectivity index (χ1v) is 12.6. The van der Waals surface area contributed by atoms with Gasteiger partial charge >= 0.3 is 0 Å². The number of hydrogen-bond acceptors (Lipinski definition) is 5. The molecule has 2 aliphatic heterocycles. The van der Waals surface area contributed by atoms with Gasteiger partial charge in [-0.05, 0) is 55.1 Å². The first-order chi connectivity index (χ1) is 15.4. The minimum absolute atomic E-state index is 0.106. The number of rotatable bonds is 7. The summed E-state index contributed by atoms with van der Waals surface area (Å²) in [5, 5.41) is 2.98. The van der Waals surface area contributed by atoms with Crippen LogP contribution in [0.25, 0.3) is 0 Å². The van der Waals surface area contributed by atoms with Crippen molar-refractivity contribution in [3.63, 3.8) is 0 Å². The molecule has 1 saturated heterocycles. The number of hydrogen-bond donors (Lipinski definition) is 2. The fourth-order valence-corrected chi connectivity index (χ4v) is 5.40. The zero-order valence-electron chi connectivity index (χ0n) is 18.4. The Bertz CT molecular complexity index is 1110. The zero-order chi connectivity index (χ0) is 22.6. The summed E-state index contributed by atoms with van der Waals surface area (Å²) in [6.45, 7) is 6.15. The molecule has 0 unspecified atom stereocenters. The highest BCUT2D eigenvalue weighted by Crippen LogP contribution is 2.22. The lowest BCUT2D eigenvalue weighted by molar-refractivity contribution is -0.121. The summed E-state index contributed by atoms with van der Waals surface area (Å²) in [6.07, 6.45) is 2.67. The third-order valence-electron chi connectivity index (χ3n) is 6.14. The number of amidine groups is 1. The quantitative estimate of drug-likeness (QED) is 0.673. The van der Waals surface area contributed by atoms with E-state index >= 15 is 0 Å². The molecule has 2 heterocycles. The van der Waals surface area contributed by atoms with Crippen LogP contribution in [0.3, 0.4) is 0 Å². The fraction of sp³-hybridized carbons (Fsp3) is 0.417. The number of benzene rings is 2. The van der Waals surface area contributed by atoms with Gasteiger partial charge in [0.05, 0.1) is 11.4 Å². The highest BCUT2D eigenvalue weighted by molar-refractivity contribution is 7.90. The van der Waals surface area contributed by atoms with Gasteiger partial charge in [0.1, 0.15) is 5.84 Å². The molecule has 0 aliphatic carbocycles. The summed E-state index contributed by atoms with van der Waals surface area (Å²) in [6, 6.07) is 15.0. The van der Waals surface area contributed by atoms with Gasteiger partial charge in [-0.15, -0.1) is 0 Å². The van der Waals surface area contributed by atoms with Gasteiger partial charge in [-0.3, -0.25) is 19.4 Å². The highest BCUT2D eigenvalue weighted by atomic mass is 32.2. The van der Waals surface area contributed by atoms with Crippen LogP contribution in [-0.4, -0.2) is 44.7 Å². The van der Waals surface area contributed by atoms with E-state index in [9.17, 15) is 13.2 Å². The van der Waals surface area contributed by atoms with Crippen LogP contribution in [0, 0.1) is 5.92 Å². The summed E-state index contributed by atoms with van der Waals surface area (Å²) in [7, 11) is -3.56. The largest absolute Gasteiger partial charge is 0.352 e. The van der Waals surface area contributed by atoms with Crippen molar-refractivity contribution < 1.29 is 13.2 Å². The van der Waals surface area contributed by atoms with Gasteiger partial charge in [-0.2, -0.15) is 0 Å². The smallest absolute Gasteiger partial charge is 0.263 e. The molecule has 32 heavy (non-hydrogen) atoms. The Morgan fingerprint density at radius 3 is 2.56 bits per heavy atom. The van der Waals surface area contributed by atoms with Gasteiger partial charge in [-0.25, -0.2) is 8.42 Å². The van der Waals surface area contributed by atoms with Crippen molar-refractivity contribution in [2.75, 3.05) is 19.6 Å². The Balaban J connectivity index is 1.29. The molecule has 0 bridgehead atoms. The summed E-state index contributed by atoms with van der Waals surface area (Å²) in [5.41, 5.74) is 2.93. The molecule has 4 rings (SSSR count). The van der Waals surface area contributed by atoms with E-state index in [1.54, 1.807) is 24.3 Å². The molecule has 170 valence electrons. The lowest BCUT2D eigenvalue weighted by Crippen LogP contribution is -2.33. The van der Waals surface area contributed by atoms with Crippen LogP contribution in [0.5, 0.6) is 0 Å². The lowest BCUT2D eigenvalue weighted by Gasteiger charge is -2.30. The van der Waals surface area contributed by atoms with E-state index in [0.717, 1.165) is 31.1 Å². The molecule has 2 aromatic carbocycles. The number of piperidine rings is 1. The van der Waals surface area contributed by atoms with E-state index < -0.39 is 10.0 Å². The van der Waals surface area contributed by atoms with E-state index in [2.05, 4.69) is 39.0 Å². The second kappa shape index (κ2) is 9.83. The zero-order valence-corrected chi connectivity index (χ0v) is 19.2. The summed E-state index contributed by atoms with van der Waals surface area (Å²) < 4.78 is 26.7. The van der Waals surface area contributed by atoms with Crippen molar-refractivity contribution in [3.05, 3.63) is 65.2 Å². The monoisotopic (exact) mass is 454 g/mol. The second-order valence-electron chi connectivity index (χ2n) is 8.59. The fourth-order valence-electron chi connectivity index (χ4n) is 4.15. The van der Waals surface area contributed by atoms with Gasteiger partial charge in [0.25, 0.3) is 10.0 Å². The SMILES string of the molecule is CC1CCN(Cc2ccccc2CNC(=O)CCN=C2NS(=O)(=O)c3ccccc32)CC1. The summed E-state index contributed by atoms with van der Waals surface area (Å²) in [4.78, 5) is 19.4. The topological polar surface area (TPSA) is 90.9 Å². The average Bonchev–Trinajstić information content (AvgIpc) is 3.05. The van der Waals surface area contributed by atoms with Crippen molar-refractivity contribution in [3.8, 4) is 0 Å². The molecule has 1 amide bonds. The predicted molar refractivity (Wildman–Crippen MR) is 125 cm³/mol. The number of nitrogens with zero attached hydrogens (tertiary/aromatic N) is 2.